The van der Waals surface area contributed by atoms with Gasteiger partial charge in [0.05, 0.1) is 12.7 Å². The van der Waals surface area contributed by atoms with E-state index in [-0.39, 0.29) is 11.8 Å². The van der Waals surface area contributed by atoms with Gasteiger partial charge in [-0.3, -0.25) is 0 Å². The van der Waals surface area contributed by atoms with Crippen LogP contribution in [0.2, 0.25) is 0 Å². The normalized spacial score (nSPS) is 17.4. The summed E-state index contributed by atoms with van der Waals surface area (Å²) in [6, 6.07) is 10.7. The first-order valence-corrected chi connectivity index (χ1v) is 7.04. The Morgan fingerprint density at radius 3 is 2.86 bits per heavy atom. The molecule has 0 saturated carbocycles. The number of halogens is 2. The first kappa shape index (κ1) is 14.0. The van der Waals surface area contributed by atoms with E-state index in [4.69, 9.17) is 4.74 Å². The third-order valence-electron chi connectivity index (χ3n) is 3.84. The third-order valence-corrected chi connectivity index (χ3v) is 3.84. The van der Waals surface area contributed by atoms with Crippen LogP contribution in [0.15, 0.2) is 36.4 Å². The summed E-state index contributed by atoms with van der Waals surface area (Å²) in [7, 11) is 0. The molecule has 3 rings (SSSR count). The number of benzene rings is 2. The molecule has 0 amide bonds. The van der Waals surface area contributed by atoms with Gasteiger partial charge in [0.25, 0.3) is 0 Å². The topological polar surface area (TPSA) is 21.3 Å². The van der Waals surface area contributed by atoms with Gasteiger partial charge in [-0.2, -0.15) is 0 Å². The molecule has 0 saturated heterocycles. The molecule has 0 aromatic heterocycles. The average molecular weight is 289 g/mol. The predicted molar refractivity (Wildman–Crippen MR) is 78.4 cm³/mol. The van der Waals surface area contributed by atoms with Crippen LogP contribution in [0.25, 0.3) is 0 Å². The molecule has 0 bridgehead atoms. The van der Waals surface area contributed by atoms with Crippen molar-refractivity contribution >= 4 is 5.69 Å². The zero-order valence-corrected chi connectivity index (χ0v) is 11.8. The molecule has 1 aliphatic rings. The average Bonchev–Trinajstić information content (AvgIpc) is 2.51. The monoisotopic (exact) mass is 289 g/mol. The molecule has 2 aromatic carbocycles. The van der Waals surface area contributed by atoms with Gasteiger partial charge in [0.15, 0.2) is 5.82 Å². The van der Waals surface area contributed by atoms with E-state index < -0.39 is 11.6 Å². The lowest BCUT2D eigenvalue weighted by Gasteiger charge is -2.26. The van der Waals surface area contributed by atoms with Crippen LogP contribution in [0.3, 0.4) is 0 Å². The molecule has 0 aliphatic carbocycles. The number of nitrogens with one attached hydrogen (secondary N) is 1. The van der Waals surface area contributed by atoms with Crippen LogP contribution >= 0.6 is 0 Å². The second kappa shape index (κ2) is 5.82. The zero-order chi connectivity index (χ0) is 14.8. The first-order chi connectivity index (χ1) is 10.2. The van der Waals surface area contributed by atoms with Crippen molar-refractivity contribution in [3.05, 3.63) is 64.7 Å². The quantitative estimate of drug-likeness (QED) is 0.922. The molecular formula is C17H17F2NO. The number of aryl methyl sites for hydroxylation is 1. The Bertz CT molecular complexity index is 657. The molecule has 2 aromatic rings. The lowest BCUT2D eigenvalue weighted by atomic mass is 9.97. The predicted octanol–water partition coefficient (Wildman–Crippen LogP) is 4.00. The summed E-state index contributed by atoms with van der Waals surface area (Å²) in [6.07, 6.45) is 0.689. The molecule has 0 fully saturated rings. The molecule has 1 unspecified atom stereocenters. The van der Waals surface area contributed by atoms with Crippen LogP contribution in [-0.2, 0) is 11.2 Å². The van der Waals surface area contributed by atoms with Crippen LogP contribution in [0.5, 0.6) is 0 Å². The lowest BCUT2D eigenvalue weighted by molar-refractivity contribution is 0.0512. The second-order valence-electron chi connectivity index (χ2n) is 5.24. The van der Waals surface area contributed by atoms with Gasteiger partial charge in [0.2, 0.25) is 0 Å². The number of hydrogen-bond acceptors (Lipinski definition) is 2. The summed E-state index contributed by atoms with van der Waals surface area (Å²) in [6.45, 7) is 2.59. The van der Waals surface area contributed by atoms with E-state index in [1.807, 2.05) is 18.2 Å². The van der Waals surface area contributed by atoms with E-state index in [9.17, 15) is 8.78 Å². The number of rotatable bonds is 3. The van der Waals surface area contributed by atoms with Crippen LogP contribution in [0.4, 0.5) is 14.5 Å². The van der Waals surface area contributed by atoms with Crippen molar-refractivity contribution in [2.45, 2.75) is 19.4 Å². The molecule has 2 nitrogen and oxygen atoms in total. The maximum Gasteiger partial charge on any atom is 0.152 e. The van der Waals surface area contributed by atoms with Crippen LogP contribution < -0.4 is 5.32 Å². The Hall–Kier alpha value is -1.94. The highest BCUT2D eigenvalue weighted by atomic mass is 19.1. The second-order valence-corrected chi connectivity index (χ2v) is 5.24. The maximum absolute atomic E-state index is 14.0. The fraction of sp³-hybridized carbons (Fsp3) is 0.294. The Labute approximate surface area is 122 Å². The van der Waals surface area contributed by atoms with Gasteiger partial charge in [0, 0.05) is 6.54 Å². The summed E-state index contributed by atoms with van der Waals surface area (Å²) in [4.78, 5) is 0. The number of ether oxygens (including phenoxy) is 1. The standard InChI is InChI=1S/C17H17F2NO/c1-11-6-7-14(18)17(16(11)19)20-10-15-13-5-3-2-4-12(13)8-9-21-15/h2-7,15,20H,8-10H2,1H3. The molecule has 21 heavy (non-hydrogen) atoms. The molecule has 0 radical (unpaired) electrons. The maximum atomic E-state index is 14.0. The molecule has 4 heteroatoms. The van der Waals surface area contributed by atoms with Crippen molar-refractivity contribution in [1.29, 1.82) is 0 Å². The minimum atomic E-state index is -0.581. The summed E-state index contributed by atoms with van der Waals surface area (Å²) < 4.78 is 33.4. The van der Waals surface area contributed by atoms with Crippen LogP contribution in [0, 0.1) is 18.6 Å². The van der Waals surface area contributed by atoms with Gasteiger partial charge < -0.3 is 10.1 Å². The lowest BCUT2D eigenvalue weighted by Crippen LogP contribution is -2.23. The van der Waals surface area contributed by atoms with Crippen LogP contribution in [-0.4, -0.2) is 13.2 Å². The van der Waals surface area contributed by atoms with E-state index in [2.05, 4.69) is 11.4 Å². The number of fused-ring (bicyclic) bond motifs is 1. The highest BCUT2D eigenvalue weighted by Gasteiger charge is 2.21. The van der Waals surface area contributed by atoms with Crippen molar-refractivity contribution in [2.24, 2.45) is 0 Å². The summed E-state index contributed by atoms with van der Waals surface area (Å²) in [5.41, 5.74) is 2.66. The van der Waals surface area contributed by atoms with Crippen molar-refractivity contribution in [1.82, 2.24) is 0 Å². The van der Waals surface area contributed by atoms with Crippen molar-refractivity contribution in [3.8, 4) is 0 Å². The largest absolute Gasteiger partial charge is 0.377 e. The Kier molecular flexibility index (Phi) is 3.88. The Balaban J connectivity index is 1.79. The molecule has 110 valence electrons. The Morgan fingerprint density at radius 1 is 1.19 bits per heavy atom. The fourth-order valence-electron chi connectivity index (χ4n) is 2.66. The van der Waals surface area contributed by atoms with Crippen LogP contribution in [0.1, 0.15) is 22.8 Å². The first-order valence-electron chi connectivity index (χ1n) is 7.04. The summed E-state index contributed by atoms with van der Waals surface area (Å²) in [5, 5.41) is 2.86. The highest BCUT2D eigenvalue weighted by molar-refractivity contribution is 5.49. The molecule has 0 spiro atoms. The summed E-state index contributed by atoms with van der Waals surface area (Å²) in [5.74, 6) is -1.12. The smallest absolute Gasteiger partial charge is 0.152 e. The zero-order valence-electron chi connectivity index (χ0n) is 11.8. The third kappa shape index (κ3) is 2.76. The highest BCUT2D eigenvalue weighted by Crippen LogP contribution is 2.28. The van der Waals surface area contributed by atoms with Gasteiger partial charge in [-0.25, -0.2) is 8.78 Å². The van der Waals surface area contributed by atoms with E-state index >= 15 is 0 Å². The molecule has 1 heterocycles. The van der Waals surface area contributed by atoms with E-state index in [0.29, 0.717) is 18.7 Å². The van der Waals surface area contributed by atoms with E-state index in [1.165, 1.54) is 17.7 Å². The Morgan fingerprint density at radius 2 is 2.00 bits per heavy atom. The minimum absolute atomic E-state index is 0.0818. The SMILES string of the molecule is Cc1ccc(F)c(NCC2OCCc3ccccc32)c1F. The van der Waals surface area contributed by atoms with Gasteiger partial charge in [-0.1, -0.05) is 30.3 Å². The van der Waals surface area contributed by atoms with Crippen molar-refractivity contribution in [2.75, 3.05) is 18.5 Å². The fourth-order valence-corrected chi connectivity index (χ4v) is 2.66. The molecule has 1 N–H and O–H groups in total. The minimum Gasteiger partial charge on any atom is -0.377 e. The van der Waals surface area contributed by atoms with Gasteiger partial charge >= 0.3 is 0 Å². The molecule has 1 aliphatic heterocycles. The van der Waals surface area contributed by atoms with Gasteiger partial charge in [-0.15, -0.1) is 0 Å². The van der Waals surface area contributed by atoms with Gasteiger partial charge in [-0.05, 0) is 36.1 Å². The van der Waals surface area contributed by atoms with E-state index in [1.54, 1.807) is 6.92 Å². The van der Waals surface area contributed by atoms with Gasteiger partial charge in [0.1, 0.15) is 11.5 Å². The summed E-state index contributed by atoms with van der Waals surface area (Å²) >= 11 is 0. The van der Waals surface area contributed by atoms with Crippen molar-refractivity contribution < 1.29 is 13.5 Å². The van der Waals surface area contributed by atoms with E-state index in [0.717, 1.165) is 12.0 Å². The number of hydrogen-bond donors (Lipinski definition) is 1. The number of anilines is 1. The van der Waals surface area contributed by atoms with Crippen molar-refractivity contribution in [3.63, 3.8) is 0 Å². The molecular weight excluding hydrogens is 272 g/mol. The molecule has 1 atom stereocenters.